The molecular formula is C15H18Cl2N2O3. The van der Waals surface area contributed by atoms with Gasteiger partial charge in [-0.3, -0.25) is 14.7 Å². The number of aliphatic carboxylic acids is 1. The summed E-state index contributed by atoms with van der Waals surface area (Å²) in [7, 11) is 0. The van der Waals surface area contributed by atoms with Gasteiger partial charge in [0.15, 0.2) is 0 Å². The van der Waals surface area contributed by atoms with E-state index in [2.05, 4.69) is 9.88 Å². The van der Waals surface area contributed by atoms with Gasteiger partial charge >= 0.3 is 5.97 Å². The first-order valence-corrected chi connectivity index (χ1v) is 8.13. The van der Waals surface area contributed by atoms with Crippen molar-refractivity contribution in [3.63, 3.8) is 0 Å². The van der Waals surface area contributed by atoms with Crippen molar-refractivity contribution in [2.45, 2.75) is 43.9 Å². The topological polar surface area (TPSA) is 62.7 Å². The fourth-order valence-corrected chi connectivity index (χ4v) is 3.75. The monoisotopic (exact) mass is 344 g/mol. The van der Waals surface area contributed by atoms with Gasteiger partial charge < -0.3 is 9.84 Å². The van der Waals surface area contributed by atoms with E-state index in [1.54, 1.807) is 12.4 Å². The zero-order chi connectivity index (χ0) is 15.7. The minimum absolute atomic E-state index is 0.0239. The van der Waals surface area contributed by atoms with Crippen molar-refractivity contribution in [2.75, 3.05) is 13.1 Å². The van der Waals surface area contributed by atoms with Crippen molar-refractivity contribution in [2.24, 2.45) is 0 Å². The summed E-state index contributed by atoms with van der Waals surface area (Å²) in [5.74, 6) is -0.832. The quantitative estimate of drug-likeness (QED) is 0.909. The van der Waals surface area contributed by atoms with Gasteiger partial charge in [-0.05, 0) is 19.3 Å². The third-order valence-electron chi connectivity index (χ3n) is 4.39. The molecule has 2 heterocycles. The zero-order valence-corrected chi connectivity index (χ0v) is 13.6. The highest BCUT2D eigenvalue weighted by Gasteiger charge is 2.45. The number of halogens is 2. The lowest BCUT2D eigenvalue weighted by atomic mass is 9.78. The largest absolute Gasteiger partial charge is 0.481 e. The lowest BCUT2D eigenvalue weighted by Gasteiger charge is -2.51. The minimum atomic E-state index is -0.832. The van der Waals surface area contributed by atoms with Crippen molar-refractivity contribution in [1.29, 1.82) is 0 Å². The summed E-state index contributed by atoms with van der Waals surface area (Å²) in [6.45, 7) is 1.95. The number of hydrogen-bond donors (Lipinski definition) is 1. The van der Waals surface area contributed by atoms with Crippen LogP contribution >= 0.6 is 23.2 Å². The van der Waals surface area contributed by atoms with E-state index in [4.69, 9.17) is 33.0 Å². The summed E-state index contributed by atoms with van der Waals surface area (Å²) < 4.78 is 6.05. The van der Waals surface area contributed by atoms with Crippen LogP contribution in [0.3, 0.4) is 0 Å². The second-order valence-corrected chi connectivity index (χ2v) is 6.94. The van der Waals surface area contributed by atoms with E-state index < -0.39 is 5.97 Å². The molecule has 0 amide bonds. The molecule has 7 heteroatoms. The number of carboxylic acid groups (broad SMARTS) is 1. The Kier molecular flexibility index (Phi) is 4.59. The Bertz CT molecular complexity index is 558. The van der Waals surface area contributed by atoms with Crippen LogP contribution in [-0.2, 0) is 16.1 Å². The molecule has 1 aliphatic heterocycles. The van der Waals surface area contributed by atoms with Gasteiger partial charge in [0.25, 0.3) is 0 Å². The third-order valence-corrected chi connectivity index (χ3v) is 5.04. The van der Waals surface area contributed by atoms with Crippen LogP contribution in [0.25, 0.3) is 0 Å². The summed E-state index contributed by atoms with van der Waals surface area (Å²) in [6.07, 6.45) is 6.00. The molecule has 1 aromatic rings. The number of rotatable bonds is 4. The van der Waals surface area contributed by atoms with Crippen LogP contribution in [0.4, 0.5) is 0 Å². The predicted molar refractivity (Wildman–Crippen MR) is 83.2 cm³/mol. The van der Waals surface area contributed by atoms with E-state index in [9.17, 15) is 4.79 Å². The van der Waals surface area contributed by atoms with Gasteiger partial charge in [-0.25, -0.2) is 0 Å². The molecule has 1 atom stereocenters. The molecular weight excluding hydrogens is 327 g/mol. The first-order chi connectivity index (χ1) is 10.5. The number of carbonyl (C=O) groups is 1. The first-order valence-electron chi connectivity index (χ1n) is 7.37. The second-order valence-electron chi connectivity index (χ2n) is 6.13. The number of pyridine rings is 1. The first kappa shape index (κ1) is 16.0. The van der Waals surface area contributed by atoms with Gasteiger partial charge in [0.1, 0.15) is 0 Å². The highest BCUT2D eigenvalue weighted by atomic mass is 35.5. The van der Waals surface area contributed by atoms with E-state index in [1.807, 2.05) is 0 Å². The van der Waals surface area contributed by atoms with E-state index in [0.29, 0.717) is 23.1 Å². The molecule has 3 rings (SSSR count). The molecule has 22 heavy (non-hydrogen) atoms. The predicted octanol–water partition coefficient (Wildman–Crippen LogP) is 2.99. The van der Waals surface area contributed by atoms with Crippen LogP contribution in [0.5, 0.6) is 0 Å². The second kappa shape index (κ2) is 6.32. The molecule has 120 valence electrons. The normalized spacial score (nSPS) is 24.2. The van der Waals surface area contributed by atoms with E-state index >= 15 is 0 Å². The van der Waals surface area contributed by atoms with Crippen LogP contribution in [0.1, 0.15) is 31.2 Å². The Labute approximate surface area is 139 Å². The summed E-state index contributed by atoms with van der Waals surface area (Å²) in [5.41, 5.74) is 0.647. The highest BCUT2D eigenvalue weighted by Crippen LogP contribution is 2.41. The molecule has 2 aliphatic rings. The van der Waals surface area contributed by atoms with Gasteiger partial charge in [-0.15, -0.1) is 0 Å². The Morgan fingerprint density at radius 2 is 2.09 bits per heavy atom. The minimum Gasteiger partial charge on any atom is -0.481 e. The molecule has 1 N–H and O–H groups in total. The molecule has 1 saturated heterocycles. The maximum Gasteiger partial charge on any atom is 0.306 e. The molecule has 1 spiro atoms. The van der Waals surface area contributed by atoms with Crippen molar-refractivity contribution in [3.8, 4) is 0 Å². The van der Waals surface area contributed by atoms with Gasteiger partial charge in [0.05, 0.1) is 28.2 Å². The molecule has 1 unspecified atom stereocenters. The van der Waals surface area contributed by atoms with E-state index in [1.165, 1.54) is 0 Å². The van der Waals surface area contributed by atoms with Crippen molar-refractivity contribution < 1.29 is 14.6 Å². The van der Waals surface area contributed by atoms with Gasteiger partial charge in [0.2, 0.25) is 0 Å². The average Bonchev–Trinajstić information content (AvgIpc) is 2.40. The molecule has 2 fully saturated rings. The average molecular weight is 345 g/mol. The molecule has 0 bridgehead atoms. The SMILES string of the molecule is O=C(O)CC1CN(Cc2c(Cl)cncc2Cl)CC2(CCC2)O1. The fraction of sp³-hybridized carbons (Fsp3) is 0.600. The molecule has 1 saturated carbocycles. The Hall–Kier alpha value is -0.880. The summed E-state index contributed by atoms with van der Waals surface area (Å²) >= 11 is 12.4. The fourth-order valence-electron chi connectivity index (χ4n) is 3.27. The molecule has 5 nitrogen and oxygen atoms in total. The highest BCUT2D eigenvalue weighted by molar-refractivity contribution is 6.35. The van der Waals surface area contributed by atoms with E-state index in [-0.39, 0.29) is 18.1 Å². The standard InChI is InChI=1S/C15H18Cl2N2O3/c16-12-5-18-6-13(17)11(12)8-19-7-10(4-14(20)21)22-15(9-19)2-1-3-15/h5-6,10H,1-4,7-9H2,(H,20,21). The Morgan fingerprint density at radius 3 is 2.64 bits per heavy atom. The molecule has 1 aliphatic carbocycles. The molecule has 0 aromatic carbocycles. The molecule has 0 radical (unpaired) electrons. The van der Waals surface area contributed by atoms with Crippen molar-refractivity contribution in [1.82, 2.24) is 9.88 Å². The van der Waals surface area contributed by atoms with Crippen LogP contribution in [0, 0.1) is 0 Å². The summed E-state index contributed by atoms with van der Waals surface area (Å²) in [6, 6.07) is 0. The van der Waals surface area contributed by atoms with Crippen molar-refractivity contribution in [3.05, 3.63) is 28.0 Å². The van der Waals surface area contributed by atoms with Crippen LogP contribution in [-0.4, -0.2) is 45.8 Å². The number of morpholine rings is 1. The Balaban J connectivity index is 1.75. The van der Waals surface area contributed by atoms with Gasteiger partial charge in [0, 0.05) is 37.6 Å². The van der Waals surface area contributed by atoms with Gasteiger partial charge in [-0.2, -0.15) is 0 Å². The number of ether oxygens (including phenoxy) is 1. The van der Waals surface area contributed by atoms with E-state index in [0.717, 1.165) is 31.4 Å². The lowest BCUT2D eigenvalue weighted by molar-refractivity contribution is -0.196. The number of nitrogens with zero attached hydrogens (tertiary/aromatic N) is 2. The molecule has 1 aromatic heterocycles. The maximum atomic E-state index is 11.0. The van der Waals surface area contributed by atoms with Crippen LogP contribution < -0.4 is 0 Å². The maximum absolute atomic E-state index is 11.0. The Morgan fingerprint density at radius 1 is 1.41 bits per heavy atom. The summed E-state index contributed by atoms with van der Waals surface area (Å²) in [5, 5.41) is 10.1. The van der Waals surface area contributed by atoms with Crippen LogP contribution in [0.2, 0.25) is 10.0 Å². The zero-order valence-electron chi connectivity index (χ0n) is 12.1. The number of carboxylic acids is 1. The third kappa shape index (κ3) is 3.38. The van der Waals surface area contributed by atoms with Gasteiger partial charge in [-0.1, -0.05) is 23.2 Å². The number of aromatic nitrogens is 1. The smallest absolute Gasteiger partial charge is 0.306 e. The lowest BCUT2D eigenvalue weighted by Crippen LogP contribution is -2.58. The van der Waals surface area contributed by atoms with Crippen LogP contribution in [0.15, 0.2) is 12.4 Å². The number of hydrogen-bond acceptors (Lipinski definition) is 4. The van der Waals surface area contributed by atoms with Crippen molar-refractivity contribution >= 4 is 29.2 Å². The summed E-state index contributed by atoms with van der Waals surface area (Å²) in [4.78, 5) is 17.2.